The van der Waals surface area contributed by atoms with Crippen molar-refractivity contribution in [3.8, 4) is 0 Å². The molecule has 1 fully saturated rings. The third-order valence-corrected chi connectivity index (χ3v) is 2.09. The van der Waals surface area contributed by atoms with Crippen molar-refractivity contribution < 1.29 is 9.57 Å². The number of alkyl halides is 1. The Morgan fingerprint density at radius 3 is 2.70 bits per heavy atom. The lowest BCUT2D eigenvalue weighted by Crippen LogP contribution is -2.49. The molecular weight excluding hydrogens is 154 g/mol. The monoisotopic (exact) mass is 161 g/mol. The average molecular weight is 162 g/mol. The van der Waals surface area contributed by atoms with E-state index in [0.717, 1.165) is 12.1 Å². The van der Waals surface area contributed by atoms with Crippen molar-refractivity contribution in [2.75, 3.05) is 19.1 Å². The molecule has 0 radical (unpaired) electrons. The quantitative estimate of drug-likeness (QED) is 0.532. The molecular formula is C6H8ClNO2. The van der Waals surface area contributed by atoms with Gasteiger partial charge in [-0.05, 0) is 0 Å². The SMILES string of the molecule is ClCC1=NOC2(COC2)C1. The summed E-state index contributed by atoms with van der Waals surface area (Å²) in [5, 5.41) is 3.83. The molecule has 3 nitrogen and oxygen atoms in total. The number of rotatable bonds is 1. The molecule has 0 amide bonds. The van der Waals surface area contributed by atoms with Gasteiger partial charge in [-0.25, -0.2) is 0 Å². The van der Waals surface area contributed by atoms with Gasteiger partial charge >= 0.3 is 0 Å². The second-order valence-electron chi connectivity index (χ2n) is 2.74. The zero-order chi connectivity index (χ0) is 7.03. The Bertz CT molecular complexity index is 177. The Kier molecular flexibility index (Phi) is 1.35. The van der Waals surface area contributed by atoms with E-state index in [1.807, 2.05) is 0 Å². The highest BCUT2D eigenvalue weighted by atomic mass is 35.5. The van der Waals surface area contributed by atoms with Crippen molar-refractivity contribution >= 4 is 17.3 Å². The van der Waals surface area contributed by atoms with Crippen molar-refractivity contribution in [2.45, 2.75) is 12.0 Å². The summed E-state index contributed by atoms with van der Waals surface area (Å²) in [6.45, 7) is 1.33. The zero-order valence-corrected chi connectivity index (χ0v) is 6.23. The van der Waals surface area contributed by atoms with Gasteiger partial charge in [0.2, 0.25) is 0 Å². The van der Waals surface area contributed by atoms with Crippen LogP contribution in [-0.2, 0) is 9.57 Å². The van der Waals surface area contributed by atoms with Crippen LogP contribution in [0.3, 0.4) is 0 Å². The van der Waals surface area contributed by atoms with Crippen molar-refractivity contribution in [2.24, 2.45) is 5.16 Å². The fourth-order valence-corrected chi connectivity index (χ4v) is 1.30. The van der Waals surface area contributed by atoms with E-state index >= 15 is 0 Å². The molecule has 2 heterocycles. The molecule has 0 aromatic carbocycles. The van der Waals surface area contributed by atoms with Gasteiger partial charge in [0.15, 0.2) is 5.60 Å². The molecule has 2 aliphatic heterocycles. The van der Waals surface area contributed by atoms with Crippen LogP contribution in [0.2, 0.25) is 0 Å². The molecule has 0 unspecified atom stereocenters. The average Bonchev–Trinajstić information content (AvgIpc) is 2.29. The lowest BCUT2D eigenvalue weighted by Gasteiger charge is -2.34. The Balaban J connectivity index is 1.98. The second-order valence-corrected chi connectivity index (χ2v) is 3.00. The zero-order valence-electron chi connectivity index (χ0n) is 5.47. The maximum atomic E-state index is 5.56. The van der Waals surface area contributed by atoms with Gasteiger partial charge in [-0.3, -0.25) is 0 Å². The molecule has 1 spiro atoms. The molecule has 0 aromatic heterocycles. The first kappa shape index (κ1) is 6.43. The lowest BCUT2D eigenvalue weighted by atomic mass is 9.96. The van der Waals surface area contributed by atoms with Crippen molar-refractivity contribution in [3.63, 3.8) is 0 Å². The van der Waals surface area contributed by atoms with Crippen LogP contribution in [0.15, 0.2) is 5.16 Å². The minimum absolute atomic E-state index is 0.121. The van der Waals surface area contributed by atoms with Crippen LogP contribution in [0.25, 0.3) is 0 Å². The Labute approximate surface area is 63.9 Å². The third kappa shape index (κ3) is 0.812. The molecule has 0 N–H and O–H groups in total. The number of halogens is 1. The molecule has 56 valence electrons. The van der Waals surface area contributed by atoms with E-state index in [9.17, 15) is 0 Å². The second kappa shape index (κ2) is 2.10. The lowest BCUT2D eigenvalue weighted by molar-refractivity contribution is -0.194. The summed E-state index contributed by atoms with van der Waals surface area (Å²) < 4.78 is 5.01. The maximum Gasteiger partial charge on any atom is 0.189 e. The summed E-state index contributed by atoms with van der Waals surface area (Å²) in [5.74, 6) is 0.474. The standard InChI is InChI=1S/C6H8ClNO2/c7-2-5-1-6(10-8-5)3-9-4-6/h1-4H2. The van der Waals surface area contributed by atoms with E-state index in [2.05, 4.69) is 5.16 Å². The van der Waals surface area contributed by atoms with E-state index in [1.54, 1.807) is 0 Å². The maximum absolute atomic E-state index is 5.56. The van der Waals surface area contributed by atoms with Crippen LogP contribution in [0, 0.1) is 0 Å². The topological polar surface area (TPSA) is 30.8 Å². The molecule has 0 atom stereocenters. The summed E-state index contributed by atoms with van der Waals surface area (Å²) in [4.78, 5) is 5.16. The highest BCUT2D eigenvalue weighted by Crippen LogP contribution is 2.31. The largest absolute Gasteiger partial charge is 0.384 e. The fraction of sp³-hybridized carbons (Fsp3) is 0.833. The van der Waals surface area contributed by atoms with E-state index in [-0.39, 0.29) is 5.60 Å². The van der Waals surface area contributed by atoms with Crippen molar-refractivity contribution in [3.05, 3.63) is 0 Å². The summed E-state index contributed by atoms with van der Waals surface area (Å²) in [7, 11) is 0. The van der Waals surface area contributed by atoms with E-state index < -0.39 is 0 Å². The van der Waals surface area contributed by atoms with Crippen LogP contribution in [0.1, 0.15) is 6.42 Å². The van der Waals surface area contributed by atoms with E-state index in [1.165, 1.54) is 0 Å². The van der Waals surface area contributed by atoms with Crippen LogP contribution < -0.4 is 0 Å². The first-order chi connectivity index (χ1) is 4.85. The molecule has 0 aromatic rings. The Morgan fingerprint density at radius 2 is 2.40 bits per heavy atom. The predicted octanol–water partition coefficient (Wildman–Crippen LogP) is 0.770. The van der Waals surface area contributed by atoms with Gasteiger partial charge in [0.05, 0.1) is 24.8 Å². The fourth-order valence-electron chi connectivity index (χ4n) is 1.15. The first-order valence-electron chi connectivity index (χ1n) is 3.22. The molecule has 0 aliphatic carbocycles. The molecule has 0 bridgehead atoms. The molecule has 1 saturated heterocycles. The Morgan fingerprint density at radius 1 is 1.60 bits per heavy atom. The van der Waals surface area contributed by atoms with Gasteiger partial charge in [-0.15, -0.1) is 11.6 Å². The van der Waals surface area contributed by atoms with Gasteiger partial charge in [0.25, 0.3) is 0 Å². The van der Waals surface area contributed by atoms with Crippen molar-refractivity contribution in [1.29, 1.82) is 0 Å². The molecule has 2 aliphatic rings. The van der Waals surface area contributed by atoms with Crippen LogP contribution in [0.4, 0.5) is 0 Å². The van der Waals surface area contributed by atoms with Gasteiger partial charge in [0, 0.05) is 6.42 Å². The number of hydrogen-bond donors (Lipinski definition) is 0. The predicted molar refractivity (Wildman–Crippen MR) is 37.4 cm³/mol. The minimum atomic E-state index is -0.121. The summed E-state index contributed by atoms with van der Waals surface area (Å²) >= 11 is 5.56. The highest BCUT2D eigenvalue weighted by Gasteiger charge is 2.46. The van der Waals surface area contributed by atoms with E-state index in [4.69, 9.17) is 21.2 Å². The van der Waals surface area contributed by atoms with Gasteiger partial charge in [0.1, 0.15) is 0 Å². The molecule has 0 saturated carbocycles. The number of oxime groups is 1. The van der Waals surface area contributed by atoms with Gasteiger partial charge < -0.3 is 9.57 Å². The molecule has 4 heteroatoms. The minimum Gasteiger partial charge on any atom is -0.384 e. The molecule has 2 rings (SSSR count). The Hall–Kier alpha value is -0.280. The first-order valence-corrected chi connectivity index (χ1v) is 3.76. The normalized spacial score (nSPS) is 27.5. The van der Waals surface area contributed by atoms with Gasteiger partial charge in [-0.1, -0.05) is 5.16 Å². The number of ether oxygens (including phenoxy) is 1. The van der Waals surface area contributed by atoms with Crippen LogP contribution in [-0.4, -0.2) is 30.4 Å². The van der Waals surface area contributed by atoms with E-state index in [0.29, 0.717) is 19.1 Å². The van der Waals surface area contributed by atoms with Crippen LogP contribution in [0.5, 0.6) is 0 Å². The third-order valence-electron chi connectivity index (χ3n) is 1.78. The smallest absolute Gasteiger partial charge is 0.189 e. The van der Waals surface area contributed by atoms with Crippen LogP contribution >= 0.6 is 11.6 Å². The molecule has 10 heavy (non-hydrogen) atoms. The summed E-state index contributed by atoms with van der Waals surface area (Å²) in [6.07, 6.45) is 0.844. The summed E-state index contributed by atoms with van der Waals surface area (Å²) in [5.41, 5.74) is 0.814. The van der Waals surface area contributed by atoms with Gasteiger partial charge in [-0.2, -0.15) is 0 Å². The number of hydrogen-bond acceptors (Lipinski definition) is 3. The number of nitrogens with zero attached hydrogens (tertiary/aromatic N) is 1. The van der Waals surface area contributed by atoms with Crippen molar-refractivity contribution in [1.82, 2.24) is 0 Å². The highest BCUT2D eigenvalue weighted by molar-refractivity contribution is 6.28. The summed E-state index contributed by atoms with van der Waals surface area (Å²) in [6, 6.07) is 0.